The fourth-order valence-corrected chi connectivity index (χ4v) is 2.66. The molecule has 2 atom stereocenters. The Hall–Kier alpha value is -1.14. The number of nitrogens with zero attached hydrogens (tertiary/aromatic N) is 1. The molecule has 0 spiro atoms. The lowest BCUT2D eigenvalue weighted by Crippen LogP contribution is -2.50. The topological polar surface area (TPSA) is 78.9 Å². The smallest absolute Gasteiger partial charge is 0.311 e. The summed E-state index contributed by atoms with van der Waals surface area (Å²) >= 11 is 0. The zero-order valence-corrected chi connectivity index (χ0v) is 11.3. The molecule has 0 radical (unpaired) electrons. The van der Waals surface area contributed by atoms with Crippen molar-refractivity contribution in [1.82, 2.24) is 10.2 Å². The predicted octanol–water partition coefficient (Wildman–Crippen LogP) is -0.0659. The maximum atomic E-state index is 12.3. The van der Waals surface area contributed by atoms with Gasteiger partial charge < -0.3 is 20.1 Å². The summed E-state index contributed by atoms with van der Waals surface area (Å²) in [5.41, 5.74) is 0. The third-order valence-corrected chi connectivity index (χ3v) is 3.88. The van der Waals surface area contributed by atoms with E-state index in [-0.39, 0.29) is 18.6 Å². The first kappa shape index (κ1) is 14.3. The van der Waals surface area contributed by atoms with Crippen LogP contribution in [0.3, 0.4) is 0 Å². The van der Waals surface area contributed by atoms with Gasteiger partial charge in [0.2, 0.25) is 5.91 Å². The number of carboxylic acids is 1. The highest BCUT2D eigenvalue weighted by atomic mass is 16.5. The molecule has 1 amide bonds. The molecular formula is C13H22N2O4. The Bertz CT molecular complexity index is 344. The van der Waals surface area contributed by atoms with Crippen LogP contribution >= 0.6 is 0 Å². The Morgan fingerprint density at radius 2 is 2.11 bits per heavy atom. The second-order valence-corrected chi connectivity index (χ2v) is 5.37. The van der Waals surface area contributed by atoms with Crippen molar-refractivity contribution in [3.05, 3.63) is 0 Å². The Kier molecular flexibility index (Phi) is 4.76. The van der Waals surface area contributed by atoms with Crippen molar-refractivity contribution in [2.75, 3.05) is 32.8 Å². The second kappa shape index (κ2) is 6.34. The van der Waals surface area contributed by atoms with E-state index in [0.29, 0.717) is 25.5 Å². The van der Waals surface area contributed by atoms with Crippen molar-refractivity contribution in [2.24, 2.45) is 11.8 Å². The summed E-state index contributed by atoms with van der Waals surface area (Å²) in [6, 6.07) is -0.307. The van der Waals surface area contributed by atoms with Gasteiger partial charge in [-0.2, -0.15) is 0 Å². The van der Waals surface area contributed by atoms with Gasteiger partial charge in [0.25, 0.3) is 0 Å². The van der Waals surface area contributed by atoms with Crippen LogP contribution in [0.25, 0.3) is 0 Å². The highest BCUT2D eigenvalue weighted by Crippen LogP contribution is 2.22. The highest BCUT2D eigenvalue weighted by molar-refractivity contribution is 5.79. The molecule has 0 saturated carbocycles. The van der Waals surface area contributed by atoms with E-state index >= 15 is 0 Å². The Balaban J connectivity index is 2.00. The molecule has 2 aliphatic heterocycles. The third kappa shape index (κ3) is 3.25. The van der Waals surface area contributed by atoms with E-state index < -0.39 is 11.9 Å². The number of hydrogen-bond donors (Lipinski definition) is 2. The van der Waals surface area contributed by atoms with Crippen LogP contribution < -0.4 is 5.32 Å². The van der Waals surface area contributed by atoms with Gasteiger partial charge in [-0.1, -0.05) is 6.92 Å². The van der Waals surface area contributed by atoms with Crippen molar-refractivity contribution >= 4 is 11.9 Å². The molecule has 19 heavy (non-hydrogen) atoms. The molecule has 2 unspecified atom stereocenters. The van der Waals surface area contributed by atoms with Gasteiger partial charge in [-0.3, -0.25) is 9.59 Å². The summed E-state index contributed by atoms with van der Waals surface area (Å²) in [6.07, 6.45) is 1.34. The maximum Gasteiger partial charge on any atom is 0.311 e. The molecule has 0 aromatic carbocycles. The lowest BCUT2D eigenvalue weighted by atomic mass is 9.96. The average molecular weight is 270 g/mol. The van der Waals surface area contributed by atoms with E-state index in [0.717, 1.165) is 19.5 Å². The van der Waals surface area contributed by atoms with Crippen LogP contribution in [0.4, 0.5) is 0 Å². The highest BCUT2D eigenvalue weighted by Gasteiger charge is 2.40. The van der Waals surface area contributed by atoms with Crippen LogP contribution in [0.5, 0.6) is 0 Å². The van der Waals surface area contributed by atoms with Crippen molar-refractivity contribution in [3.63, 3.8) is 0 Å². The second-order valence-electron chi connectivity index (χ2n) is 5.37. The van der Waals surface area contributed by atoms with Crippen molar-refractivity contribution in [3.8, 4) is 0 Å². The standard InChI is InChI=1S/C13H22N2O4/c1-2-3-15(12(16)4-9-5-14-6-9)11-8-19-7-10(11)13(17)18/h9-11,14H,2-8H2,1H3,(H,17,18). The van der Waals surface area contributed by atoms with E-state index in [2.05, 4.69) is 5.32 Å². The Labute approximate surface area is 113 Å². The first-order chi connectivity index (χ1) is 9.13. The molecule has 2 aliphatic rings. The van der Waals surface area contributed by atoms with Gasteiger partial charge in [0.15, 0.2) is 0 Å². The fraction of sp³-hybridized carbons (Fsp3) is 0.846. The van der Waals surface area contributed by atoms with Gasteiger partial charge in [-0.15, -0.1) is 0 Å². The molecule has 2 rings (SSSR count). The van der Waals surface area contributed by atoms with Gasteiger partial charge in [-0.25, -0.2) is 0 Å². The zero-order chi connectivity index (χ0) is 13.8. The van der Waals surface area contributed by atoms with Crippen molar-refractivity contribution in [2.45, 2.75) is 25.8 Å². The predicted molar refractivity (Wildman–Crippen MR) is 68.7 cm³/mol. The molecule has 0 aromatic heterocycles. The minimum Gasteiger partial charge on any atom is -0.481 e. The number of ether oxygens (including phenoxy) is 1. The lowest BCUT2D eigenvalue weighted by molar-refractivity contribution is -0.145. The molecule has 2 saturated heterocycles. The van der Waals surface area contributed by atoms with E-state index in [9.17, 15) is 14.7 Å². The van der Waals surface area contributed by atoms with E-state index in [1.807, 2.05) is 6.92 Å². The summed E-state index contributed by atoms with van der Waals surface area (Å²) in [6.45, 7) is 4.92. The molecule has 6 heteroatoms. The van der Waals surface area contributed by atoms with Gasteiger partial charge in [0.05, 0.1) is 19.3 Å². The summed E-state index contributed by atoms with van der Waals surface area (Å²) < 4.78 is 5.27. The van der Waals surface area contributed by atoms with Crippen LogP contribution in [0, 0.1) is 11.8 Å². The van der Waals surface area contributed by atoms with Crippen LogP contribution in [-0.4, -0.2) is 60.8 Å². The summed E-state index contributed by atoms with van der Waals surface area (Å²) in [7, 11) is 0. The number of amides is 1. The first-order valence-electron chi connectivity index (χ1n) is 6.94. The average Bonchev–Trinajstić information content (AvgIpc) is 2.79. The normalized spacial score (nSPS) is 27.0. The minimum atomic E-state index is -0.873. The molecule has 0 aliphatic carbocycles. The number of carbonyl (C=O) groups excluding carboxylic acids is 1. The number of nitrogens with one attached hydrogen (secondary N) is 1. The molecule has 6 nitrogen and oxygen atoms in total. The van der Waals surface area contributed by atoms with Crippen LogP contribution in [-0.2, 0) is 14.3 Å². The molecule has 0 aromatic rings. The molecule has 2 fully saturated rings. The van der Waals surface area contributed by atoms with E-state index in [1.54, 1.807) is 4.90 Å². The minimum absolute atomic E-state index is 0.0649. The quantitative estimate of drug-likeness (QED) is 0.706. The van der Waals surface area contributed by atoms with Crippen LogP contribution in [0.1, 0.15) is 19.8 Å². The van der Waals surface area contributed by atoms with Crippen LogP contribution in [0.15, 0.2) is 0 Å². The van der Waals surface area contributed by atoms with Crippen molar-refractivity contribution in [1.29, 1.82) is 0 Å². The number of carbonyl (C=O) groups is 2. The SMILES string of the molecule is CCCN(C(=O)CC1CNC1)C1COCC1C(=O)O. The molecule has 108 valence electrons. The monoisotopic (exact) mass is 270 g/mol. The first-order valence-corrected chi connectivity index (χ1v) is 6.94. The summed E-state index contributed by atoms with van der Waals surface area (Å²) in [5.74, 6) is -0.996. The molecule has 2 N–H and O–H groups in total. The number of hydrogen-bond acceptors (Lipinski definition) is 4. The summed E-state index contributed by atoms with van der Waals surface area (Å²) in [5, 5.41) is 12.3. The molecular weight excluding hydrogens is 248 g/mol. The van der Waals surface area contributed by atoms with Gasteiger partial charge >= 0.3 is 5.97 Å². The molecule has 0 bridgehead atoms. The van der Waals surface area contributed by atoms with Gasteiger partial charge in [-0.05, 0) is 25.4 Å². The maximum absolute atomic E-state index is 12.3. The Morgan fingerprint density at radius 3 is 2.63 bits per heavy atom. The number of carboxylic acid groups (broad SMARTS) is 1. The third-order valence-electron chi connectivity index (χ3n) is 3.88. The van der Waals surface area contributed by atoms with E-state index in [4.69, 9.17) is 4.74 Å². The lowest BCUT2D eigenvalue weighted by Gasteiger charge is -2.33. The fourth-order valence-electron chi connectivity index (χ4n) is 2.66. The number of rotatable bonds is 6. The van der Waals surface area contributed by atoms with Gasteiger partial charge in [0.1, 0.15) is 5.92 Å². The van der Waals surface area contributed by atoms with Gasteiger partial charge in [0, 0.05) is 13.0 Å². The summed E-state index contributed by atoms with van der Waals surface area (Å²) in [4.78, 5) is 25.3. The van der Waals surface area contributed by atoms with Crippen molar-refractivity contribution < 1.29 is 19.4 Å². The largest absolute Gasteiger partial charge is 0.481 e. The van der Waals surface area contributed by atoms with Crippen LogP contribution in [0.2, 0.25) is 0 Å². The number of aliphatic carboxylic acids is 1. The van der Waals surface area contributed by atoms with E-state index in [1.165, 1.54) is 0 Å². The Morgan fingerprint density at radius 1 is 1.37 bits per heavy atom. The zero-order valence-electron chi connectivity index (χ0n) is 11.3. The molecule has 2 heterocycles.